The molecule has 0 bridgehead atoms. The van der Waals surface area contributed by atoms with Gasteiger partial charge in [0.15, 0.2) is 6.61 Å². The third-order valence-electron chi connectivity index (χ3n) is 4.19. The minimum absolute atomic E-state index is 0.237. The minimum Gasteiger partial charge on any atom is -0.484 e. The molecule has 1 aromatic heterocycles. The van der Waals surface area contributed by atoms with Crippen molar-refractivity contribution in [1.29, 1.82) is 0 Å². The van der Waals surface area contributed by atoms with Crippen molar-refractivity contribution in [2.75, 3.05) is 6.61 Å². The van der Waals surface area contributed by atoms with Gasteiger partial charge in [-0.3, -0.25) is 20.4 Å². The van der Waals surface area contributed by atoms with E-state index in [4.69, 9.17) is 4.74 Å². The van der Waals surface area contributed by atoms with Crippen LogP contribution in [0.3, 0.4) is 0 Å². The Morgan fingerprint density at radius 3 is 2.59 bits per heavy atom. The van der Waals surface area contributed by atoms with Crippen molar-refractivity contribution in [3.05, 3.63) is 77.4 Å². The largest absolute Gasteiger partial charge is 0.484 e. The monoisotopic (exact) mass is 396 g/mol. The third kappa shape index (κ3) is 4.98. The van der Waals surface area contributed by atoms with Crippen LogP contribution in [0.15, 0.2) is 54.7 Å². The van der Waals surface area contributed by atoms with E-state index in [1.807, 2.05) is 32.0 Å². The summed E-state index contributed by atoms with van der Waals surface area (Å²) in [6, 6.07) is 13.1. The summed E-state index contributed by atoms with van der Waals surface area (Å²) in [6.45, 7) is 3.56. The number of aromatic nitrogens is 2. The number of halogens is 1. The standard InChI is InChI=1S/C21H21FN4O3/c1-3-19-18(12-23-26(19)16-9-7-15(22)8-10-16)21(28)25-24-20(27)13-29-17-6-4-5-14(2)11-17/h4-12H,3,13H2,1-2H3,(H,24,27)(H,25,28). The van der Waals surface area contributed by atoms with Crippen LogP contribution in [-0.2, 0) is 11.2 Å². The minimum atomic E-state index is -0.501. The van der Waals surface area contributed by atoms with Gasteiger partial charge >= 0.3 is 0 Å². The highest BCUT2D eigenvalue weighted by molar-refractivity contribution is 5.96. The highest BCUT2D eigenvalue weighted by Gasteiger charge is 2.18. The molecular formula is C21H21FN4O3. The molecule has 3 rings (SSSR count). The number of nitrogens with zero attached hydrogens (tertiary/aromatic N) is 2. The highest BCUT2D eigenvalue weighted by Crippen LogP contribution is 2.16. The molecule has 0 spiro atoms. The van der Waals surface area contributed by atoms with Crippen molar-refractivity contribution in [3.8, 4) is 11.4 Å². The number of carbonyl (C=O) groups is 2. The van der Waals surface area contributed by atoms with E-state index in [1.54, 1.807) is 22.9 Å². The highest BCUT2D eigenvalue weighted by atomic mass is 19.1. The first-order valence-corrected chi connectivity index (χ1v) is 9.09. The number of aryl methyl sites for hydroxylation is 1. The zero-order valence-electron chi connectivity index (χ0n) is 16.1. The summed E-state index contributed by atoms with van der Waals surface area (Å²) in [5.41, 5.74) is 7.29. The van der Waals surface area contributed by atoms with Crippen molar-refractivity contribution in [1.82, 2.24) is 20.6 Å². The van der Waals surface area contributed by atoms with Crippen LogP contribution in [0.5, 0.6) is 5.75 Å². The van der Waals surface area contributed by atoms with E-state index in [2.05, 4.69) is 16.0 Å². The number of hydrogen-bond donors (Lipinski definition) is 2. The van der Waals surface area contributed by atoms with Crippen molar-refractivity contribution in [2.45, 2.75) is 20.3 Å². The quantitative estimate of drug-likeness (QED) is 0.628. The Kier molecular flexibility index (Phi) is 6.23. The Labute approximate surface area is 167 Å². The lowest BCUT2D eigenvalue weighted by atomic mass is 10.2. The molecule has 2 N–H and O–H groups in total. The zero-order valence-corrected chi connectivity index (χ0v) is 16.1. The molecule has 0 radical (unpaired) electrons. The van der Waals surface area contributed by atoms with Gasteiger partial charge in [0, 0.05) is 0 Å². The summed E-state index contributed by atoms with van der Waals surface area (Å²) in [5, 5.41) is 4.22. The molecule has 0 saturated heterocycles. The number of hydrogen-bond acceptors (Lipinski definition) is 4. The summed E-state index contributed by atoms with van der Waals surface area (Å²) in [6.07, 6.45) is 1.93. The van der Waals surface area contributed by atoms with Gasteiger partial charge in [-0.15, -0.1) is 0 Å². The molecule has 3 aromatic rings. The Bertz CT molecular complexity index is 1020. The predicted octanol–water partition coefficient (Wildman–Crippen LogP) is 2.72. The molecule has 1 heterocycles. The second-order valence-electron chi connectivity index (χ2n) is 6.35. The summed E-state index contributed by atoms with van der Waals surface area (Å²) < 4.78 is 20.1. The Morgan fingerprint density at radius 1 is 1.14 bits per heavy atom. The lowest BCUT2D eigenvalue weighted by molar-refractivity contribution is -0.123. The average Bonchev–Trinajstić information content (AvgIpc) is 3.15. The maximum absolute atomic E-state index is 13.1. The lowest BCUT2D eigenvalue weighted by Gasteiger charge is -2.10. The smallest absolute Gasteiger partial charge is 0.276 e. The first-order valence-electron chi connectivity index (χ1n) is 9.09. The molecule has 2 amide bonds. The number of rotatable bonds is 6. The van der Waals surface area contributed by atoms with E-state index in [1.165, 1.54) is 18.3 Å². The molecular weight excluding hydrogens is 375 g/mol. The van der Waals surface area contributed by atoms with Crippen molar-refractivity contribution >= 4 is 11.8 Å². The fourth-order valence-corrected chi connectivity index (χ4v) is 2.79. The van der Waals surface area contributed by atoms with Gasteiger partial charge in [0.2, 0.25) is 0 Å². The number of ether oxygens (including phenoxy) is 1. The van der Waals surface area contributed by atoms with Crippen molar-refractivity contribution in [2.24, 2.45) is 0 Å². The summed E-state index contributed by atoms with van der Waals surface area (Å²) in [7, 11) is 0. The summed E-state index contributed by atoms with van der Waals surface area (Å²) in [4.78, 5) is 24.4. The fraction of sp³-hybridized carbons (Fsp3) is 0.190. The first-order chi connectivity index (χ1) is 14.0. The van der Waals surface area contributed by atoms with Crippen molar-refractivity contribution < 1.29 is 18.7 Å². The Hall–Kier alpha value is -3.68. The number of carbonyl (C=O) groups excluding carboxylic acids is 2. The van der Waals surface area contributed by atoms with E-state index >= 15 is 0 Å². The molecule has 7 nitrogen and oxygen atoms in total. The zero-order chi connectivity index (χ0) is 20.8. The van der Waals surface area contributed by atoms with Crippen LogP contribution < -0.4 is 15.6 Å². The van der Waals surface area contributed by atoms with Gasteiger partial charge in [-0.1, -0.05) is 19.1 Å². The maximum Gasteiger partial charge on any atom is 0.276 e. The molecule has 0 aliphatic carbocycles. The molecule has 2 aromatic carbocycles. The Balaban J connectivity index is 1.60. The second-order valence-corrected chi connectivity index (χ2v) is 6.35. The lowest BCUT2D eigenvalue weighted by Crippen LogP contribution is -2.44. The van der Waals surface area contributed by atoms with Gasteiger partial charge in [-0.25, -0.2) is 9.07 Å². The van der Waals surface area contributed by atoms with Crippen LogP contribution in [-0.4, -0.2) is 28.2 Å². The molecule has 0 unspecified atom stereocenters. The summed E-state index contributed by atoms with van der Waals surface area (Å²) >= 11 is 0. The van der Waals surface area contributed by atoms with Gasteiger partial charge in [-0.05, 0) is 55.3 Å². The van der Waals surface area contributed by atoms with E-state index in [9.17, 15) is 14.0 Å². The molecule has 0 aliphatic heterocycles. The maximum atomic E-state index is 13.1. The molecule has 8 heteroatoms. The van der Waals surface area contributed by atoms with Crippen LogP contribution in [0, 0.1) is 12.7 Å². The normalized spacial score (nSPS) is 10.4. The van der Waals surface area contributed by atoms with Gasteiger partial charge in [0.1, 0.15) is 11.6 Å². The predicted molar refractivity (Wildman–Crippen MR) is 105 cm³/mol. The fourth-order valence-electron chi connectivity index (χ4n) is 2.79. The van der Waals surface area contributed by atoms with Crippen LogP contribution in [0.1, 0.15) is 28.5 Å². The molecule has 0 aliphatic rings. The first kappa shape index (κ1) is 20.1. The van der Waals surface area contributed by atoms with Crippen LogP contribution >= 0.6 is 0 Å². The van der Waals surface area contributed by atoms with Gasteiger partial charge in [0.25, 0.3) is 11.8 Å². The molecule has 0 saturated carbocycles. The molecule has 0 fully saturated rings. The van der Waals surface area contributed by atoms with Gasteiger partial charge < -0.3 is 4.74 Å². The molecule has 150 valence electrons. The number of hydrazine groups is 1. The topological polar surface area (TPSA) is 85.2 Å². The van der Waals surface area contributed by atoms with E-state index in [0.29, 0.717) is 29.1 Å². The van der Waals surface area contributed by atoms with E-state index in [0.717, 1.165) is 5.56 Å². The SMILES string of the molecule is CCc1c(C(=O)NNC(=O)COc2cccc(C)c2)cnn1-c1ccc(F)cc1. The molecule has 0 atom stereocenters. The van der Waals surface area contributed by atoms with E-state index in [-0.39, 0.29) is 12.4 Å². The van der Waals surface area contributed by atoms with Crippen LogP contribution in [0.4, 0.5) is 4.39 Å². The second kappa shape index (κ2) is 9.01. The van der Waals surface area contributed by atoms with Crippen LogP contribution in [0.25, 0.3) is 5.69 Å². The van der Waals surface area contributed by atoms with E-state index < -0.39 is 11.8 Å². The van der Waals surface area contributed by atoms with Gasteiger partial charge in [-0.2, -0.15) is 5.10 Å². The van der Waals surface area contributed by atoms with Gasteiger partial charge in [0.05, 0.1) is 23.1 Å². The number of nitrogens with one attached hydrogen (secondary N) is 2. The Morgan fingerprint density at radius 2 is 1.90 bits per heavy atom. The molecule has 29 heavy (non-hydrogen) atoms. The number of amides is 2. The third-order valence-corrected chi connectivity index (χ3v) is 4.19. The van der Waals surface area contributed by atoms with Crippen molar-refractivity contribution in [3.63, 3.8) is 0 Å². The number of benzene rings is 2. The summed E-state index contributed by atoms with van der Waals surface area (Å²) in [5.74, 6) is -0.782. The van der Waals surface area contributed by atoms with Crippen LogP contribution in [0.2, 0.25) is 0 Å². The average molecular weight is 396 g/mol.